The molecule has 0 spiro atoms. The van der Waals surface area contributed by atoms with E-state index in [1.165, 1.54) is 12.0 Å². The second-order valence-corrected chi connectivity index (χ2v) is 9.70. The quantitative estimate of drug-likeness (QED) is 0.187. The van der Waals surface area contributed by atoms with Gasteiger partial charge < -0.3 is 15.0 Å². The van der Waals surface area contributed by atoms with Crippen LogP contribution in [0.3, 0.4) is 0 Å². The maximum Gasteiger partial charge on any atom is 0.308 e. The lowest BCUT2D eigenvalue weighted by Gasteiger charge is -2.34. The average molecular weight is 570 g/mol. The molecule has 1 heterocycles. The predicted molar refractivity (Wildman–Crippen MR) is 127 cm³/mol. The van der Waals surface area contributed by atoms with Gasteiger partial charge >= 0.3 is 5.97 Å². The number of benzene rings is 1. The number of thioether (sulfide) groups is 1. The molecule has 0 unspecified atom stereocenters. The Bertz CT molecular complexity index is 632. The van der Waals surface area contributed by atoms with Crippen LogP contribution in [0.15, 0.2) is 38.6 Å². The first kappa shape index (κ1) is 24.6. The number of halogens is 2. The minimum absolute atomic E-state index is 0. The molecule has 0 amide bonds. The number of esters is 1. The van der Waals surface area contributed by atoms with Crippen molar-refractivity contribution < 1.29 is 9.53 Å². The van der Waals surface area contributed by atoms with Crippen molar-refractivity contribution in [2.75, 3.05) is 33.8 Å². The number of hydrogen-bond acceptors (Lipinski definition) is 4. The molecule has 1 saturated heterocycles. The van der Waals surface area contributed by atoms with Crippen LogP contribution < -0.4 is 5.32 Å². The molecule has 1 N–H and O–H groups in total. The largest absolute Gasteiger partial charge is 0.469 e. The molecule has 8 heteroatoms. The SMILES string of the molecule is CN=C(NCC(C)(C)Sc1ccc(Br)cc1)N1CCC(C(=O)OC)CC1.I. The van der Waals surface area contributed by atoms with Gasteiger partial charge in [-0.25, -0.2) is 0 Å². The minimum atomic E-state index is -0.0976. The summed E-state index contributed by atoms with van der Waals surface area (Å²) in [5.41, 5.74) is 0. The predicted octanol–water partition coefficient (Wildman–Crippen LogP) is 4.40. The van der Waals surface area contributed by atoms with Gasteiger partial charge in [0.05, 0.1) is 13.0 Å². The van der Waals surface area contributed by atoms with Crippen molar-refractivity contribution in [2.24, 2.45) is 10.9 Å². The van der Waals surface area contributed by atoms with Crippen LogP contribution in [0.1, 0.15) is 26.7 Å². The number of nitrogens with zero attached hydrogens (tertiary/aromatic N) is 2. The fourth-order valence-corrected chi connectivity index (χ4v) is 4.29. The Hall–Kier alpha value is -0.480. The van der Waals surface area contributed by atoms with Crippen LogP contribution in [0.5, 0.6) is 0 Å². The summed E-state index contributed by atoms with van der Waals surface area (Å²) >= 11 is 5.32. The number of carbonyl (C=O) groups excluding carboxylic acids is 1. The Morgan fingerprint density at radius 2 is 1.93 bits per heavy atom. The molecule has 1 fully saturated rings. The van der Waals surface area contributed by atoms with Gasteiger partial charge in [-0.05, 0) is 51.0 Å². The third-order valence-corrected chi connectivity index (χ3v) is 6.15. The highest BCUT2D eigenvalue weighted by atomic mass is 127. The van der Waals surface area contributed by atoms with E-state index in [0.29, 0.717) is 0 Å². The second-order valence-electron chi connectivity index (χ2n) is 7.00. The van der Waals surface area contributed by atoms with E-state index in [1.54, 1.807) is 0 Å². The molecule has 0 saturated carbocycles. The molecule has 1 aliphatic rings. The Morgan fingerprint density at radius 1 is 1.33 bits per heavy atom. The smallest absolute Gasteiger partial charge is 0.308 e. The number of likely N-dealkylation sites (tertiary alicyclic amines) is 1. The van der Waals surface area contributed by atoms with Gasteiger partial charge in [-0.15, -0.1) is 35.7 Å². The van der Waals surface area contributed by atoms with Crippen molar-refractivity contribution in [1.29, 1.82) is 0 Å². The van der Waals surface area contributed by atoms with E-state index >= 15 is 0 Å². The van der Waals surface area contributed by atoms with Crippen LogP contribution in [-0.4, -0.2) is 55.4 Å². The van der Waals surface area contributed by atoms with Gasteiger partial charge in [0.2, 0.25) is 0 Å². The van der Waals surface area contributed by atoms with Gasteiger partial charge in [0.1, 0.15) is 0 Å². The van der Waals surface area contributed by atoms with Gasteiger partial charge in [-0.2, -0.15) is 0 Å². The number of piperidine rings is 1. The first-order chi connectivity index (χ1) is 12.3. The molecule has 0 bridgehead atoms. The normalized spacial score (nSPS) is 15.9. The highest BCUT2D eigenvalue weighted by Crippen LogP contribution is 2.32. The van der Waals surface area contributed by atoms with Gasteiger partial charge in [-0.1, -0.05) is 15.9 Å². The Balaban J connectivity index is 0.00000364. The average Bonchev–Trinajstić information content (AvgIpc) is 2.63. The number of guanidine groups is 1. The van der Waals surface area contributed by atoms with Gasteiger partial charge in [0.15, 0.2) is 5.96 Å². The zero-order valence-corrected chi connectivity index (χ0v) is 21.1. The van der Waals surface area contributed by atoms with E-state index in [2.05, 4.69) is 69.3 Å². The van der Waals surface area contributed by atoms with Gasteiger partial charge in [0.25, 0.3) is 0 Å². The van der Waals surface area contributed by atoms with Crippen LogP contribution in [-0.2, 0) is 9.53 Å². The van der Waals surface area contributed by atoms with E-state index in [1.807, 2.05) is 18.8 Å². The summed E-state index contributed by atoms with van der Waals surface area (Å²) in [4.78, 5) is 19.6. The Kier molecular flexibility index (Phi) is 10.5. The molecule has 1 aliphatic heterocycles. The van der Waals surface area contributed by atoms with Gasteiger partial charge in [0, 0.05) is 40.8 Å². The molecule has 0 aromatic heterocycles. The molecule has 1 aromatic rings. The first-order valence-electron chi connectivity index (χ1n) is 8.82. The molecule has 0 atom stereocenters. The Labute approximate surface area is 192 Å². The van der Waals surface area contributed by atoms with Crippen molar-refractivity contribution in [3.63, 3.8) is 0 Å². The van der Waals surface area contributed by atoms with Crippen LogP contribution >= 0.6 is 51.7 Å². The summed E-state index contributed by atoms with van der Waals surface area (Å²) in [7, 11) is 3.27. The van der Waals surface area contributed by atoms with E-state index in [4.69, 9.17) is 4.74 Å². The van der Waals surface area contributed by atoms with Crippen molar-refractivity contribution in [2.45, 2.75) is 36.3 Å². The third-order valence-electron chi connectivity index (χ3n) is 4.42. The summed E-state index contributed by atoms with van der Waals surface area (Å²) in [5.74, 6) is 0.816. The molecule has 27 heavy (non-hydrogen) atoms. The standard InChI is InChI=1S/C19H28BrN3O2S.HI/c1-19(2,26-16-7-5-15(20)6-8-16)13-22-18(21-3)23-11-9-14(10-12-23)17(24)25-4;/h5-8,14H,9-13H2,1-4H3,(H,21,22);1H. The molecule has 2 rings (SSSR count). The summed E-state index contributed by atoms with van der Waals surface area (Å²) in [6.07, 6.45) is 1.62. The van der Waals surface area contributed by atoms with Crippen LogP contribution in [0.4, 0.5) is 0 Å². The molecule has 0 radical (unpaired) electrons. The number of nitrogens with one attached hydrogen (secondary N) is 1. The highest BCUT2D eigenvalue weighted by Gasteiger charge is 2.28. The zero-order valence-electron chi connectivity index (χ0n) is 16.3. The summed E-state index contributed by atoms with van der Waals surface area (Å²) in [6, 6.07) is 8.39. The number of aliphatic imine (C=N–C) groups is 1. The number of rotatable bonds is 5. The van der Waals surface area contributed by atoms with Crippen molar-refractivity contribution >= 4 is 63.6 Å². The van der Waals surface area contributed by atoms with E-state index in [9.17, 15) is 4.79 Å². The number of carbonyl (C=O) groups is 1. The molecule has 0 aliphatic carbocycles. The summed E-state index contributed by atoms with van der Waals surface area (Å²) in [6.45, 7) is 6.89. The van der Waals surface area contributed by atoms with E-state index < -0.39 is 0 Å². The molecule has 152 valence electrons. The fraction of sp³-hybridized carbons (Fsp3) is 0.579. The number of ether oxygens (including phenoxy) is 1. The lowest BCUT2D eigenvalue weighted by Crippen LogP contribution is -2.49. The van der Waals surface area contributed by atoms with E-state index in [-0.39, 0.29) is 40.6 Å². The molecular weight excluding hydrogens is 541 g/mol. The Morgan fingerprint density at radius 3 is 2.44 bits per heavy atom. The molecule has 5 nitrogen and oxygen atoms in total. The van der Waals surface area contributed by atoms with Crippen LogP contribution in [0.25, 0.3) is 0 Å². The van der Waals surface area contributed by atoms with Crippen LogP contribution in [0, 0.1) is 5.92 Å². The lowest BCUT2D eigenvalue weighted by atomic mass is 9.97. The summed E-state index contributed by atoms with van der Waals surface area (Å²) < 4.78 is 5.97. The molecular formula is C19H29BrIN3O2S. The second kappa shape index (κ2) is 11.5. The van der Waals surface area contributed by atoms with Crippen molar-refractivity contribution in [1.82, 2.24) is 10.2 Å². The van der Waals surface area contributed by atoms with Crippen molar-refractivity contribution in [3.8, 4) is 0 Å². The molecule has 1 aromatic carbocycles. The third kappa shape index (κ3) is 7.81. The fourth-order valence-electron chi connectivity index (χ4n) is 2.98. The van der Waals surface area contributed by atoms with Crippen LogP contribution in [0.2, 0.25) is 0 Å². The first-order valence-corrected chi connectivity index (χ1v) is 10.4. The number of hydrogen-bond donors (Lipinski definition) is 1. The van der Waals surface area contributed by atoms with Gasteiger partial charge in [-0.3, -0.25) is 9.79 Å². The maximum absolute atomic E-state index is 11.7. The van der Waals surface area contributed by atoms with Crippen molar-refractivity contribution in [3.05, 3.63) is 28.7 Å². The topological polar surface area (TPSA) is 53.9 Å². The number of methoxy groups -OCH3 is 1. The zero-order chi connectivity index (χ0) is 19.2. The monoisotopic (exact) mass is 569 g/mol. The minimum Gasteiger partial charge on any atom is -0.469 e. The highest BCUT2D eigenvalue weighted by molar-refractivity contribution is 14.0. The maximum atomic E-state index is 11.7. The van der Waals surface area contributed by atoms with E-state index in [0.717, 1.165) is 42.9 Å². The summed E-state index contributed by atoms with van der Waals surface area (Å²) in [5, 5.41) is 3.50. The lowest BCUT2D eigenvalue weighted by molar-refractivity contribution is -0.146.